The number of hydrogen-bond donors (Lipinski definition) is 1. The van der Waals surface area contributed by atoms with Crippen molar-refractivity contribution in [1.29, 1.82) is 0 Å². The Bertz CT molecular complexity index is 750. The second-order valence-electron chi connectivity index (χ2n) is 5.54. The van der Waals surface area contributed by atoms with Gasteiger partial charge in [-0.2, -0.15) is 0 Å². The Hall–Kier alpha value is -1.78. The molecular formula is C18H20Cl2N2O2. The van der Waals surface area contributed by atoms with Crippen molar-refractivity contribution in [3.05, 3.63) is 50.8 Å². The molecular weight excluding hydrogens is 347 g/mol. The molecule has 0 spiro atoms. The molecule has 128 valence electrons. The summed E-state index contributed by atoms with van der Waals surface area (Å²) in [5.41, 5.74) is 4.14. The number of amides is 1. The van der Waals surface area contributed by atoms with Gasteiger partial charge in [-0.1, -0.05) is 48.3 Å². The molecule has 0 aliphatic rings. The number of hydrogen-bond acceptors (Lipinski definition) is 3. The predicted octanol–water partition coefficient (Wildman–Crippen LogP) is 4.89. The second-order valence-corrected chi connectivity index (χ2v) is 6.30. The number of aromatic nitrogens is 1. The van der Waals surface area contributed by atoms with Gasteiger partial charge in [0.25, 0.3) is 5.91 Å². The fraction of sp³-hybridized carbons (Fsp3) is 0.333. The van der Waals surface area contributed by atoms with Gasteiger partial charge in [0.1, 0.15) is 10.0 Å². The molecule has 2 rings (SSSR count). The summed E-state index contributed by atoms with van der Waals surface area (Å²) in [6, 6.07) is 5.92. The van der Waals surface area contributed by atoms with Gasteiger partial charge >= 0.3 is 0 Å². The summed E-state index contributed by atoms with van der Waals surface area (Å²) in [4.78, 5) is 16.5. The molecule has 1 aromatic heterocycles. The zero-order chi connectivity index (χ0) is 17.9. The number of ether oxygens (including phenoxy) is 1. The lowest BCUT2D eigenvalue weighted by molar-refractivity contribution is -0.118. The number of benzene rings is 1. The van der Waals surface area contributed by atoms with Gasteiger partial charge in [-0.05, 0) is 38.3 Å². The van der Waals surface area contributed by atoms with Crippen LogP contribution in [0.15, 0.2) is 18.2 Å². The molecule has 0 saturated carbocycles. The quantitative estimate of drug-likeness (QED) is 0.818. The molecule has 0 aliphatic carbocycles. The van der Waals surface area contributed by atoms with Crippen molar-refractivity contribution in [2.45, 2.75) is 34.1 Å². The molecule has 0 fully saturated rings. The SMILES string of the molecule is CCc1cccc(C)c1NC(=O)COc1c(Cl)c(C)nc(C)c1Cl. The maximum Gasteiger partial charge on any atom is 0.262 e. The zero-order valence-corrected chi connectivity index (χ0v) is 15.7. The molecule has 1 N–H and O–H groups in total. The van der Waals surface area contributed by atoms with E-state index in [-0.39, 0.29) is 12.5 Å². The molecule has 1 amide bonds. The summed E-state index contributed by atoms with van der Waals surface area (Å²) >= 11 is 12.4. The van der Waals surface area contributed by atoms with Crippen LogP contribution in [0.3, 0.4) is 0 Å². The molecule has 0 saturated heterocycles. The van der Waals surface area contributed by atoms with Crippen LogP contribution < -0.4 is 10.1 Å². The highest BCUT2D eigenvalue weighted by Crippen LogP contribution is 2.36. The fourth-order valence-corrected chi connectivity index (χ4v) is 2.85. The van der Waals surface area contributed by atoms with E-state index in [1.165, 1.54) is 0 Å². The molecule has 0 bridgehead atoms. The van der Waals surface area contributed by atoms with Crippen molar-refractivity contribution in [3.63, 3.8) is 0 Å². The van der Waals surface area contributed by atoms with Crippen molar-refractivity contribution in [2.24, 2.45) is 0 Å². The first kappa shape index (κ1) is 18.6. The topological polar surface area (TPSA) is 51.2 Å². The number of carbonyl (C=O) groups is 1. The van der Waals surface area contributed by atoms with Crippen LogP contribution in [0.4, 0.5) is 5.69 Å². The summed E-state index contributed by atoms with van der Waals surface area (Å²) < 4.78 is 5.56. The Kier molecular flexibility index (Phi) is 6.08. The number of pyridine rings is 1. The van der Waals surface area contributed by atoms with Crippen LogP contribution in [0.5, 0.6) is 5.75 Å². The average molecular weight is 367 g/mol. The van der Waals surface area contributed by atoms with Crippen molar-refractivity contribution in [2.75, 3.05) is 11.9 Å². The van der Waals surface area contributed by atoms with E-state index in [0.29, 0.717) is 27.2 Å². The molecule has 0 aliphatic heterocycles. The van der Waals surface area contributed by atoms with Gasteiger partial charge in [0, 0.05) is 5.69 Å². The third kappa shape index (κ3) is 4.00. The minimum Gasteiger partial charge on any atom is -0.480 e. The molecule has 0 unspecified atom stereocenters. The average Bonchev–Trinajstić information content (AvgIpc) is 2.55. The van der Waals surface area contributed by atoms with E-state index >= 15 is 0 Å². The van der Waals surface area contributed by atoms with E-state index in [1.807, 2.05) is 32.0 Å². The van der Waals surface area contributed by atoms with Gasteiger partial charge in [-0.25, -0.2) is 0 Å². The maximum absolute atomic E-state index is 12.3. The largest absolute Gasteiger partial charge is 0.480 e. The first-order chi connectivity index (χ1) is 11.3. The standard InChI is InChI=1S/C18H20Cl2N2O2/c1-5-13-8-6-7-10(2)17(13)22-14(23)9-24-18-15(19)11(3)21-12(4)16(18)20/h6-8H,5,9H2,1-4H3,(H,22,23). The van der Waals surface area contributed by atoms with E-state index in [0.717, 1.165) is 23.2 Å². The van der Waals surface area contributed by atoms with Gasteiger partial charge in [-0.3, -0.25) is 9.78 Å². The van der Waals surface area contributed by atoms with Crippen molar-refractivity contribution >= 4 is 34.8 Å². The Morgan fingerprint density at radius 3 is 2.38 bits per heavy atom. The summed E-state index contributed by atoms with van der Waals surface area (Å²) in [5.74, 6) is 0.0252. The number of nitrogens with zero attached hydrogens (tertiary/aromatic N) is 1. The van der Waals surface area contributed by atoms with Gasteiger partial charge in [0.15, 0.2) is 12.4 Å². The van der Waals surface area contributed by atoms with Crippen LogP contribution in [0.25, 0.3) is 0 Å². The Morgan fingerprint density at radius 2 is 1.79 bits per heavy atom. The lowest BCUT2D eigenvalue weighted by Gasteiger charge is -2.15. The van der Waals surface area contributed by atoms with Crippen molar-refractivity contribution in [3.8, 4) is 5.75 Å². The predicted molar refractivity (Wildman–Crippen MR) is 98.4 cm³/mol. The fourth-order valence-electron chi connectivity index (χ4n) is 2.42. The number of rotatable bonds is 5. The zero-order valence-electron chi connectivity index (χ0n) is 14.2. The highest BCUT2D eigenvalue weighted by molar-refractivity contribution is 6.37. The lowest BCUT2D eigenvalue weighted by atomic mass is 10.1. The third-order valence-corrected chi connectivity index (χ3v) is 4.61. The van der Waals surface area contributed by atoms with Gasteiger partial charge in [0.05, 0.1) is 11.4 Å². The van der Waals surface area contributed by atoms with E-state index in [2.05, 4.69) is 10.3 Å². The number of aryl methyl sites for hydroxylation is 4. The van der Waals surface area contributed by atoms with Crippen LogP contribution >= 0.6 is 23.2 Å². The first-order valence-corrected chi connectivity index (χ1v) is 8.44. The highest BCUT2D eigenvalue weighted by atomic mass is 35.5. The Labute approximate surface area is 152 Å². The Morgan fingerprint density at radius 1 is 1.17 bits per heavy atom. The minimum absolute atomic E-state index is 0.181. The summed E-state index contributed by atoms with van der Waals surface area (Å²) in [5, 5.41) is 3.55. The van der Waals surface area contributed by atoms with Crippen LogP contribution in [-0.4, -0.2) is 17.5 Å². The van der Waals surface area contributed by atoms with Gasteiger partial charge in [-0.15, -0.1) is 0 Å². The van der Waals surface area contributed by atoms with Crippen LogP contribution in [0.2, 0.25) is 10.0 Å². The van der Waals surface area contributed by atoms with Crippen LogP contribution in [-0.2, 0) is 11.2 Å². The maximum atomic E-state index is 12.3. The van der Waals surface area contributed by atoms with E-state index in [9.17, 15) is 4.79 Å². The molecule has 6 heteroatoms. The molecule has 24 heavy (non-hydrogen) atoms. The molecule has 0 radical (unpaired) electrons. The van der Waals surface area contributed by atoms with Crippen LogP contribution in [0, 0.1) is 20.8 Å². The number of halogens is 2. The van der Waals surface area contributed by atoms with E-state index in [4.69, 9.17) is 27.9 Å². The number of para-hydroxylation sites is 1. The normalized spacial score (nSPS) is 10.6. The Balaban J connectivity index is 2.13. The monoisotopic (exact) mass is 366 g/mol. The molecule has 1 heterocycles. The molecule has 2 aromatic rings. The second kappa shape index (κ2) is 7.86. The summed E-state index contributed by atoms with van der Waals surface area (Å²) in [6.07, 6.45) is 0.832. The number of nitrogens with one attached hydrogen (secondary N) is 1. The minimum atomic E-state index is -0.266. The smallest absolute Gasteiger partial charge is 0.262 e. The molecule has 4 nitrogen and oxygen atoms in total. The van der Waals surface area contributed by atoms with Crippen molar-refractivity contribution in [1.82, 2.24) is 4.98 Å². The number of carbonyl (C=O) groups excluding carboxylic acids is 1. The highest BCUT2D eigenvalue weighted by Gasteiger charge is 2.16. The number of anilines is 1. The third-order valence-electron chi connectivity index (χ3n) is 3.72. The van der Waals surface area contributed by atoms with E-state index < -0.39 is 0 Å². The van der Waals surface area contributed by atoms with E-state index in [1.54, 1.807) is 13.8 Å². The summed E-state index contributed by atoms with van der Waals surface area (Å²) in [7, 11) is 0. The first-order valence-electron chi connectivity index (χ1n) is 7.68. The summed E-state index contributed by atoms with van der Waals surface area (Å²) in [6.45, 7) is 7.35. The van der Waals surface area contributed by atoms with Gasteiger partial charge in [0.2, 0.25) is 0 Å². The van der Waals surface area contributed by atoms with Crippen LogP contribution in [0.1, 0.15) is 29.4 Å². The lowest BCUT2D eigenvalue weighted by Crippen LogP contribution is -2.22. The van der Waals surface area contributed by atoms with Gasteiger partial charge < -0.3 is 10.1 Å². The molecule has 0 atom stereocenters. The molecule has 1 aromatic carbocycles. The van der Waals surface area contributed by atoms with Crippen molar-refractivity contribution < 1.29 is 9.53 Å².